The molecule has 0 saturated carbocycles. The predicted octanol–water partition coefficient (Wildman–Crippen LogP) is 4.44. The minimum Gasteiger partial charge on any atom is -0.487 e. The molecule has 1 aliphatic rings. The minimum absolute atomic E-state index is 0. The van der Waals surface area contributed by atoms with Crippen LogP contribution >= 0.6 is 35.6 Å². The molecular weight excluding hydrogens is 477 g/mol. The zero-order chi connectivity index (χ0) is 18.8. The van der Waals surface area contributed by atoms with Crippen LogP contribution in [0.1, 0.15) is 33.1 Å². The smallest absolute Gasteiger partial charge is 0.193 e. The Morgan fingerprint density at radius 2 is 2.07 bits per heavy atom. The molecule has 2 rings (SSSR count). The van der Waals surface area contributed by atoms with Gasteiger partial charge in [-0.2, -0.15) is 0 Å². The van der Waals surface area contributed by atoms with Gasteiger partial charge in [0.1, 0.15) is 11.9 Å². The van der Waals surface area contributed by atoms with Crippen LogP contribution in [-0.2, 0) is 4.74 Å². The summed E-state index contributed by atoms with van der Waals surface area (Å²) in [7, 11) is 2.10. The van der Waals surface area contributed by atoms with E-state index in [9.17, 15) is 0 Å². The Labute approximate surface area is 185 Å². The van der Waals surface area contributed by atoms with Crippen LogP contribution in [0.25, 0.3) is 0 Å². The Morgan fingerprint density at radius 1 is 1.37 bits per heavy atom. The molecule has 27 heavy (non-hydrogen) atoms. The van der Waals surface area contributed by atoms with E-state index in [-0.39, 0.29) is 30.1 Å². The Balaban J connectivity index is 0.00000364. The highest BCUT2D eigenvalue weighted by molar-refractivity contribution is 14.0. The van der Waals surface area contributed by atoms with Crippen molar-refractivity contribution in [3.8, 4) is 5.75 Å². The van der Waals surface area contributed by atoms with Gasteiger partial charge in [0.2, 0.25) is 0 Å². The molecule has 5 nitrogen and oxygen atoms in total. The highest BCUT2D eigenvalue weighted by Crippen LogP contribution is 2.24. The zero-order valence-corrected chi connectivity index (χ0v) is 19.7. The van der Waals surface area contributed by atoms with Crippen LogP contribution < -0.4 is 10.1 Å². The minimum atomic E-state index is -0.0487. The average Bonchev–Trinajstić information content (AvgIpc) is 2.66. The van der Waals surface area contributed by atoms with E-state index in [1.807, 2.05) is 31.2 Å². The van der Waals surface area contributed by atoms with Gasteiger partial charge in [0, 0.05) is 33.4 Å². The summed E-state index contributed by atoms with van der Waals surface area (Å²) in [5, 5.41) is 4.00. The third-order valence-corrected chi connectivity index (χ3v) is 4.89. The number of guanidine groups is 1. The van der Waals surface area contributed by atoms with E-state index in [1.165, 1.54) is 19.3 Å². The van der Waals surface area contributed by atoms with E-state index in [1.54, 1.807) is 0 Å². The number of nitrogens with zero attached hydrogens (tertiary/aromatic N) is 2. The molecule has 0 amide bonds. The number of hydrogen-bond acceptors (Lipinski definition) is 3. The molecule has 7 heteroatoms. The SMILES string of the molecule is CCNC(=NCC(C)Oc1ccccc1Cl)N(C)CCC1CCOCC1.I. The van der Waals surface area contributed by atoms with Crippen LogP contribution in [0.5, 0.6) is 5.75 Å². The van der Waals surface area contributed by atoms with Crippen molar-refractivity contribution in [3.63, 3.8) is 0 Å². The molecule has 1 atom stereocenters. The van der Waals surface area contributed by atoms with Crippen LogP contribution in [-0.4, -0.2) is 56.9 Å². The topological polar surface area (TPSA) is 46.1 Å². The number of hydrogen-bond donors (Lipinski definition) is 1. The fraction of sp³-hybridized carbons (Fsp3) is 0.650. The van der Waals surface area contributed by atoms with Crippen molar-refractivity contribution >= 4 is 41.5 Å². The Hall–Kier alpha value is -0.730. The first-order valence-electron chi connectivity index (χ1n) is 9.58. The van der Waals surface area contributed by atoms with E-state index < -0.39 is 0 Å². The number of para-hydroxylation sites is 1. The van der Waals surface area contributed by atoms with Crippen LogP contribution in [0.4, 0.5) is 0 Å². The van der Waals surface area contributed by atoms with E-state index in [0.717, 1.165) is 38.2 Å². The molecule has 1 saturated heterocycles. The number of benzene rings is 1. The molecule has 1 N–H and O–H groups in total. The van der Waals surface area contributed by atoms with E-state index in [2.05, 4.69) is 24.2 Å². The molecule has 0 aromatic heterocycles. The Bertz CT molecular complexity index is 568. The first-order chi connectivity index (χ1) is 12.6. The van der Waals surface area contributed by atoms with Crippen LogP contribution in [0.2, 0.25) is 5.02 Å². The summed E-state index contributed by atoms with van der Waals surface area (Å²) >= 11 is 6.16. The maximum Gasteiger partial charge on any atom is 0.193 e. The van der Waals surface area contributed by atoms with E-state index in [4.69, 9.17) is 26.1 Å². The predicted molar refractivity (Wildman–Crippen MR) is 124 cm³/mol. The van der Waals surface area contributed by atoms with Gasteiger partial charge in [-0.15, -0.1) is 24.0 Å². The van der Waals surface area contributed by atoms with Gasteiger partial charge in [-0.3, -0.25) is 0 Å². The molecule has 0 spiro atoms. The number of nitrogens with one attached hydrogen (secondary N) is 1. The average molecular weight is 510 g/mol. The molecule has 1 unspecified atom stereocenters. The molecule has 1 aromatic rings. The van der Waals surface area contributed by atoms with Crippen LogP contribution in [0, 0.1) is 5.92 Å². The zero-order valence-electron chi connectivity index (χ0n) is 16.6. The lowest BCUT2D eigenvalue weighted by Gasteiger charge is -2.27. The first kappa shape index (κ1) is 24.3. The van der Waals surface area contributed by atoms with E-state index in [0.29, 0.717) is 17.3 Å². The summed E-state index contributed by atoms with van der Waals surface area (Å²) < 4.78 is 11.4. The van der Waals surface area contributed by atoms with Gasteiger partial charge < -0.3 is 19.7 Å². The largest absolute Gasteiger partial charge is 0.487 e. The molecule has 0 aliphatic carbocycles. The van der Waals surface area contributed by atoms with Crippen molar-refractivity contribution in [2.75, 3.05) is 39.9 Å². The third kappa shape index (κ3) is 8.87. The monoisotopic (exact) mass is 509 g/mol. The fourth-order valence-corrected chi connectivity index (χ4v) is 3.18. The van der Waals surface area contributed by atoms with E-state index >= 15 is 0 Å². The Morgan fingerprint density at radius 3 is 2.74 bits per heavy atom. The molecule has 0 radical (unpaired) electrons. The van der Waals surface area contributed by atoms with Gasteiger partial charge in [-0.25, -0.2) is 4.99 Å². The summed E-state index contributed by atoms with van der Waals surface area (Å²) in [5.41, 5.74) is 0. The highest BCUT2D eigenvalue weighted by atomic mass is 127. The quantitative estimate of drug-likeness (QED) is 0.320. The van der Waals surface area contributed by atoms with Crippen molar-refractivity contribution in [2.24, 2.45) is 10.9 Å². The number of rotatable bonds is 8. The molecule has 1 aliphatic heterocycles. The van der Waals surface area contributed by atoms with Gasteiger partial charge >= 0.3 is 0 Å². The number of ether oxygens (including phenoxy) is 2. The van der Waals surface area contributed by atoms with Crippen molar-refractivity contribution in [2.45, 2.75) is 39.2 Å². The number of aliphatic imine (C=N–C) groups is 1. The summed E-state index contributed by atoms with van der Waals surface area (Å²) in [6.45, 7) is 8.33. The van der Waals surface area contributed by atoms with Crippen LogP contribution in [0.15, 0.2) is 29.3 Å². The molecular formula is C20H33ClIN3O2. The second-order valence-corrected chi connectivity index (χ2v) is 7.23. The van der Waals surface area contributed by atoms with Gasteiger partial charge in [0.05, 0.1) is 11.6 Å². The van der Waals surface area contributed by atoms with Crippen LogP contribution in [0.3, 0.4) is 0 Å². The van der Waals surface area contributed by atoms with Crippen molar-refractivity contribution in [1.29, 1.82) is 0 Å². The molecule has 0 bridgehead atoms. The van der Waals surface area contributed by atoms with Crippen molar-refractivity contribution in [1.82, 2.24) is 10.2 Å². The normalized spacial score (nSPS) is 16.4. The van der Waals surface area contributed by atoms with Gasteiger partial charge in [-0.05, 0) is 51.2 Å². The fourth-order valence-electron chi connectivity index (χ4n) is 3.00. The highest BCUT2D eigenvalue weighted by Gasteiger charge is 2.15. The summed E-state index contributed by atoms with van der Waals surface area (Å²) in [5.74, 6) is 2.39. The summed E-state index contributed by atoms with van der Waals surface area (Å²) in [6.07, 6.45) is 3.47. The van der Waals surface area contributed by atoms with Gasteiger partial charge in [-0.1, -0.05) is 23.7 Å². The maximum atomic E-state index is 6.16. The standard InChI is InChI=1S/C20H32ClN3O2.HI/c1-4-22-20(24(3)12-9-17-10-13-25-14-11-17)23-15-16(2)26-19-8-6-5-7-18(19)21;/h5-8,16-17H,4,9-15H2,1-3H3,(H,22,23);1H. The Kier molecular flexibility index (Phi) is 12.1. The molecule has 154 valence electrons. The van der Waals surface area contributed by atoms with Crippen molar-refractivity contribution in [3.05, 3.63) is 29.3 Å². The lowest BCUT2D eigenvalue weighted by atomic mass is 9.96. The lowest BCUT2D eigenvalue weighted by Crippen LogP contribution is -2.40. The van der Waals surface area contributed by atoms with Gasteiger partial charge in [0.15, 0.2) is 5.96 Å². The summed E-state index contributed by atoms with van der Waals surface area (Å²) in [4.78, 5) is 6.95. The molecule has 1 fully saturated rings. The maximum absolute atomic E-state index is 6.16. The van der Waals surface area contributed by atoms with Gasteiger partial charge in [0.25, 0.3) is 0 Å². The summed E-state index contributed by atoms with van der Waals surface area (Å²) in [6, 6.07) is 7.54. The molecule has 1 heterocycles. The lowest BCUT2D eigenvalue weighted by molar-refractivity contribution is 0.0625. The first-order valence-corrected chi connectivity index (χ1v) is 9.96. The number of halogens is 2. The van der Waals surface area contributed by atoms with Crippen molar-refractivity contribution < 1.29 is 9.47 Å². The second-order valence-electron chi connectivity index (χ2n) is 6.82. The second kappa shape index (κ2) is 13.4. The third-order valence-electron chi connectivity index (χ3n) is 4.57. The molecule has 1 aromatic carbocycles.